The van der Waals surface area contributed by atoms with E-state index in [0.29, 0.717) is 11.3 Å². The summed E-state index contributed by atoms with van der Waals surface area (Å²) in [4.78, 5) is 22.4. The van der Waals surface area contributed by atoms with E-state index < -0.39 is 17.3 Å². The molecule has 0 bridgehead atoms. The fourth-order valence-corrected chi connectivity index (χ4v) is 2.91. The van der Waals surface area contributed by atoms with E-state index >= 15 is 0 Å². The van der Waals surface area contributed by atoms with Crippen molar-refractivity contribution in [3.63, 3.8) is 0 Å². The van der Waals surface area contributed by atoms with Gasteiger partial charge in [0.25, 0.3) is 0 Å². The lowest BCUT2D eigenvalue weighted by Crippen LogP contribution is -2.51. The van der Waals surface area contributed by atoms with Crippen LogP contribution in [-0.2, 0) is 16.0 Å². The minimum atomic E-state index is -1.04. The van der Waals surface area contributed by atoms with E-state index in [0.717, 1.165) is 0 Å². The zero-order valence-electron chi connectivity index (χ0n) is 9.43. The molecule has 1 aliphatic heterocycles. The van der Waals surface area contributed by atoms with Gasteiger partial charge in [0.15, 0.2) is 0 Å². The lowest BCUT2D eigenvalue weighted by atomic mass is 10.1. The normalized spacial score (nSPS) is 23.5. The van der Waals surface area contributed by atoms with E-state index in [1.54, 1.807) is 18.2 Å². The average Bonchev–Trinajstić information content (AvgIpc) is 2.34. The summed E-state index contributed by atoms with van der Waals surface area (Å²) in [6.07, 6.45) is 0.273. The van der Waals surface area contributed by atoms with Gasteiger partial charge >= 0.3 is 5.97 Å². The summed E-state index contributed by atoms with van der Waals surface area (Å²) in [5.41, 5.74) is 0.471. The van der Waals surface area contributed by atoms with Crippen molar-refractivity contribution in [3.8, 4) is 0 Å². The molecule has 1 aromatic carbocycles. The number of nitrogens with one attached hydrogen (secondary N) is 1. The highest BCUT2D eigenvalue weighted by atomic mass is 32.2. The number of amides is 1. The first kappa shape index (κ1) is 12.9. The van der Waals surface area contributed by atoms with Crippen LogP contribution in [-0.4, -0.2) is 34.0 Å². The summed E-state index contributed by atoms with van der Waals surface area (Å²) in [5.74, 6) is -1.42. The minimum absolute atomic E-state index is 0.273. The van der Waals surface area contributed by atoms with Crippen LogP contribution in [0.2, 0.25) is 0 Å². The summed E-state index contributed by atoms with van der Waals surface area (Å²) in [7, 11) is 0. The van der Waals surface area contributed by atoms with Gasteiger partial charge in [-0.05, 0) is 18.1 Å². The van der Waals surface area contributed by atoms with Crippen molar-refractivity contribution < 1.29 is 19.1 Å². The van der Waals surface area contributed by atoms with Gasteiger partial charge in [0.2, 0.25) is 5.91 Å². The molecular weight excluding hydrogens is 257 g/mol. The van der Waals surface area contributed by atoms with Crippen LogP contribution >= 0.6 is 11.8 Å². The largest absolute Gasteiger partial charge is 0.480 e. The maximum Gasteiger partial charge on any atom is 0.327 e. The topological polar surface area (TPSA) is 66.4 Å². The van der Waals surface area contributed by atoms with Crippen LogP contribution in [0, 0.1) is 5.82 Å². The molecule has 1 heterocycles. The third-order valence-electron chi connectivity index (χ3n) is 2.73. The first-order valence-corrected chi connectivity index (χ1v) is 6.51. The number of carboxylic acid groups (broad SMARTS) is 1. The standard InChI is InChI=1S/C12H12FNO3S/c13-8-4-2-1-3-7(8)5-10-11(15)14-9(6-18-10)12(16)17/h1-4,9-10H,5-6H2,(H,14,15)(H,16,17)/t9-,10-/m0/s1. The van der Waals surface area contributed by atoms with Crippen molar-refractivity contribution in [1.82, 2.24) is 5.32 Å². The van der Waals surface area contributed by atoms with E-state index in [9.17, 15) is 14.0 Å². The van der Waals surface area contributed by atoms with Crippen molar-refractivity contribution >= 4 is 23.6 Å². The molecule has 1 aromatic rings. The number of halogens is 1. The first-order chi connectivity index (χ1) is 8.58. The second kappa shape index (κ2) is 5.39. The van der Waals surface area contributed by atoms with Crippen molar-refractivity contribution in [2.75, 3.05) is 5.75 Å². The summed E-state index contributed by atoms with van der Waals surface area (Å²) >= 11 is 1.25. The second-order valence-electron chi connectivity index (χ2n) is 4.02. The molecule has 1 amide bonds. The fraction of sp³-hybridized carbons (Fsp3) is 0.333. The molecule has 2 atom stereocenters. The summed E-state index contributed by atoms with van der Waals surface area (Å²) in [6, 6.07) is 5.43. The molecular formula is C12H12FNO3S. The SMILES string of the molecule is O=C(O)[C@@H]1CS[C@@H](Cc2ccccc2F)C(=O)N1. The second-order valence-corrected chi connectivity index (χ2v) is 5.25. The van der Waals surface area contributed by atoms with Gasteiger partial charge in [0.05, 0.1) is 5.25 Å². The molecule has 0 radical (unpaired) electrons. The maximum atomic E-state index is 13.4. The highest BCUT2D eigenvalue weighted by molar-refractivity contribution is 8.00. The first-order valence-electron chi connectivity index (χ1n) is 5.46. The number of benzene rings is 1. The Morgan fingerprint density at radius 1 is 1.50 bits per heavy atom. The van der Waals surface area contributed by atoms with Crippen molar-refractivity contribution in [2.45, 2.75) is 17.7 Å². The molecule has 96 valence electrons. The molecule has 2 N–H and O–H groups in total. The summed E-state index contributed by atoms with van der Waals surface area (Å²) in [6.45, 7) is 0. The molecule has 4 nitrogen and oxygen atoms in total. The van der Waals surface area contributed by atoms with E-state index in [2.05, 4.69) is 5.32 Å². The Labute approximate surface area is 108 Å². The Morgan fingerprint density at radius 3 is 2.83 bits per heavy atom. The lowest BCUT2D eigenvalue weighted by molar-refractivity contribution is -0.141. The molecule has 0 aliphatic carbocycles. The van der Waals surface area contributed by atoms with E-state index in [1.807, 2.05) is 0 Å². The van der Waals surface area contributed by atoms with Crippen LogP contribution < -0.4 is 5.32 Å². The van der Waals surface area contributed by atoms with Gasteiger partial charge in [-0.3, -0.25) is 4.79 Å². The quantitative estimate of drug-likeness (QED) is 0.861. The van der Waals surface area contributed by atoms with Crippen molar-refractivity contribution in [3.05, 3.63) is 35.6 Å². The van der Waals surface area contributed by atoms with Crippen LogP contribution in [0.25, 0.3) is 0 Å². The number of carbonyl (C=O) groups excluding carboxylic acids is 1. The van der Waals surface area contributed by atoms with E-state index in [4.69, 9.17) is 5.11 Å². The summed E-state index contributed by atoms with van der Waals surface area (Å²) in [5, 5.41) is 10.8. The van der Waals surface area contributed by atoms with Crippen LogP contribution in [0.15, 0.2) is 24.3 Å². The number of rotatable bonds is 3. The molecule has 1 aliphatic rings. The van der Waals surface area contributed by atoms with Gasteiger partial charge in [-0.25, -0.2) is 9.18 Å². The Hall–Kier alpha value is -1.56. The van der Waals surface area contributed by atoms with Crippen molar-refractivity contribution in [1.29, 1.82) is 0 Å². The monoisotopic (exact) mass is 269 g/mol. The molecule has 1 saturated heterocycles. The van der Waals surface area contributed by atoms with Crippen LogP contribution in [0.4, 0.5) is 4.39 Å². The third kappa shape index (κ3) is 2.81. The predicted octanol–water partition coefficient (Wildman–Crippen LogP) is 1.05. The number of carboxylic acids is 1. The number of thioether (sulfide) groups is 1. The van der Waals surface area contributed by atoms with E-state index in [1.165, 1.54) is 17.8 Å². The lowest BCUT2D eigenvalue weighted by Gasteiger charge is -2.26. The molecule has 0 spiro atoms. The molecule has 0 aromatic heterocycles. The Morgan fingerprint density at radius 2 is 2.22 bits per heavy atom. The highest BCUT2D eigenvalue weighted by Crippen LogP contribution is 2.23. The van der Waals surface area contributed by atoms with Gasteiger partial charge < -0.3 is 10.4 Å². The Balaban J connectivity index is 2.02. The average molecular weight is 269 g/mol. The van der Waals surface area contributed by atoms with Gasteiger partial charge in [-0.15, -0.1) is 11.8 Å². The van der Waals surface area contributed by atoms with Gasteiger partial charge in [-0.1, -0.05) is 18.2 Å². The molecule has 0 unspecified atom stereocenters. The van der Waals surface area contributed by atoms with Crippen LogP contribution in [0.5, 0.6) is 0 Å². The maximum absolute atomic E-state index is 13.4. The molecule has 18 heavy (non-hydrogen) atoms. The van der Waals surface area contributed by atoms with Gasteiger partial charge in [0.1, 0.15) is 11.9 Å². The highest BCUT2D eigenvalue weighted by Gasteiger charge is 2.32. The number of hydrogen-bond donors (Lipinski definition) is 2. The smallest absolute Gasteiger partial charge is 0.327 e. The molecule has 2 rings (SSSR count). The van der Waals surface area contributed by atoms with Crippen molar-refractivity contribution in [2.24, 2.45) is 0 Å². The minimum Gasteiger partial charge on any atom is -0.480 e. The number of hydrogen-bond acceptors (Lipinski definition) is 3. The summed E-state index contributed by atoms with van der Waals surface area (Å²) < 4.78 is 13.4. The van der Waals surface area contributed by atoms with Crippen LogP contribution in [0.1, 0.15) is 5.56 Å². The molecule has 6 heteroatoms. The molecule has 1 fully saturated rings. The number of carbonyl (C=O) groups is 2. The zero-order chi connectivity index (χ0) is 13.1. The van der Waals surface area contributed by atoms with E-state index in [-0.39, 0.29) is 18.1 Å². The van der Waals surface area contributed by atoms with Crippen LogP contribution in [0.3, 0.4) is 0 Å². The Kier molecular flexibility index (Phi) is 3.86. The third-order valence-corrected chi connectivity index (χ3v) is 4.04. The fourth-order valence-electron chi connectivity index (χ4n) is 1.74. The Bertz CT molecular complexity index is 480. The number of aliphatic carboxylic acids is 1. The predicted molar refractivity (Wildman–Crippen MR) is 65.9 cm³/mol. The van der Waals surface area contributed by atoms with Gasteiger partial charge in [0, 0.05) is 5.75 Å². The molecule has 0 saturated carbocycles. The van der Waals surface area contributed by atoms with Gasteiger partial charge in [-0.2, -0.15) is 0 Å². The zero-order valence-corrected chi connectivity index (χ0v) is 10.2.